The maximum Gasteiger partial charge on any atom is 0.391 e. The first kappa shape index (κ1) is 26.4. The van der Waals surface area contributed by atoms with E-state index in [4.69, 9.17) is 4.52 Å². The lowest BCUT2D eigenvalue weighted by Gasteiger charge is -2.36. The average Bonchev–Trinajstić information content (AvgIpc) is 2.77. The Kier molecular flexibility index (Phi) is 7.63. The van der Waals surface area contributed by atoms with Gasteiger partial charge in [0.2, 0.25) is 0 Å². The molecule has 0 aliphatic rings. The van der Waals surface area contributed by atoms with Gasteiger partial charge in [-0.2, -0.15) is 0 Å². The van der Waals surface area contributed by atoms with Crippen molar-refractivity contribution in [3.63, 3.8) is 0 Å². The van der Waals surface area contributed by atoms with Crippen LogP contribution in [0.15, 0.2) is 66.7 Å². The molecule has 0 heterocycles. The molecular weight excluding hydrogens is 439 g/mol. The lowest BCUT2D eigenvalue weighted by molar-refractivity contribution is 0.370. The van der Waals surface area contributed by atoms with E-state index in [9.17, 15) is 9.79 Å². The van der Waals surface area contributed by atoms with Gasteiger partial charge in [-0.25, -0.2) is 0 Å². The van der Waals surface area contributed by atoms with E-state index in [0.717, 1.165) is 17.5 Å². The van der Waals surface area contributed by atoms with E-state index in [2.05, 4.69) is 110 Å². The molecule has 0 unspecified atom stereocenters. The molecule has 3 nitrogen and oxygen atoms in total. The molecule has 0 radical (unpaired) electrons. The minimum absolute atomic E-state index is 0.0509. The molecule has 0 spiro atoms. The lowest BCUT2D eigenvalue weighted by atomic mass is 9.68. The largest absolute Gasteiger partial charge is 0.427 e. The summed E-state index contributed by atoms with van der Waals surface area (Å²) in [5, 5.41) is 0. The molecule has 4 heteroatoms. The maximum absolute atomic E-state index is 9.71. The van der Waals surface area contributed by atoms with Gasteiger partial charge in [-0.3, -0.25) is 0 Å². The van der Waals surface area contributed by atoms with Crippen LogP contribution in [0.2, 0.25) is 0 Å². The Labute approximate surface area is 206 Å². The number of hydrogen-bond donors (Lipinski definition) is 2. The molecule has 3 rings (SSSR count). The van der Waals surface area contributed by atoms with E-state index in [0.29, 0.717) is 5.75 Å². The van der Waals surface area contributed by atoms with E-state index in [1.807, 2.05) is 12.1 Å². The zero-order valence-corrected chi connectivity index (χ0v) is 22.7. The second kappa shape index (κ2) is 9.82. The van der Waals surface area contributed by atoms with Crippen LogP contribution in [0.5, 0.6) is 5.75 Å². The van der Waals surface area contributed by atoms with E-state index >= 15 is 0 Å². The second-order valence-corrected chi connectivity index (χ2v) is 11.9. The standard InChI is InChI=1S/C30H39O3P/c1-9-29(5,6)23-18-14-19-24(30(7,8)21-15-11-10-12-16-21)26(23)22-17-13-20-25(33-34(31)32)27(22)28(2,3)4/h10-20,31-32H,9H2,1-8H3. The van der Waals surface area contributed by atoms with Crippen molar-refractivity contribution >= 4 is 8.60 Å². The predicted molar refractivity (Wildman–Crippen MR) is 144 cm³/mol. The molecule has 3 aromatic rings. The minimum atomic E-state index is -2.52. The highest BCUT2D eigenvalue weighted by Gasteiger charge is 2.34. The Bertz CT molecular complexity index is 1130. The molecule has 0 atom stereocenters. The third kappa shape index (κ3) is 5.23. The molecule has 0 saturated heterocycles. The lowest BCUT2D eigenvalue weighted by Crippen LogP contribution is -2.25. The molecule has 3 aromatic carbocycles. The molecule has 182 valence electrons. The molecule has 34 heavy (non-hydrogen) atoms. The van der Waals surface area contributed by atoms with Crippen molar-refractivity contribution < 1.29 is 14.3 Å². The fourth-order valence-electron chi connectivity index (χ4n) is 4.81. The SMILES string of the molecule is CCC(C)(C)c1cccc(C(C)(C)c2ccccc2)c1-c1cccc(OP(O)O)c1C(C)(C)C. The van der Waals surface area contributed by atoms with Gasteiger partial charge in [0.25, 0.3) is 0 Å². The molecule has 2 N–H and O–H groups in total. The van der Waals surface area contributed by atoms with Gasteiger partial charge >= 0.3 is 8.60 Å². The molecule has 0 aliphatic carbocycles. The summed E-state index contributed by atoms with van der Waals surface area (Å²) < 4.78 is 5.57. The molecule has 0 amide bonds. The first-order valence-corrected chi connectivity index (χ1v) is 13.2. The quantitative estimate of drug-likeness (QED) is 0.336. The summed E-state index contributed by atoms with van der Waals surface area (Å²) >= 11 is 0. The fourth-order valence-corrected chi connectivity index (χ4v) is 5.13. The molecule has 0 aliphatic heterocycles. The monoisotopic (exact) mass is 478 g/mol. The van der Waals surface area contributed by atoms with Gasteiger partial charge in [0.1, 0.15) is 5.75 Å². The van der Waals surface area contributed by atoms with Crippen LogP contribution in [0.3, 0.4) is 0 Å². The fraction of sp³-hybridized carbons (Fsp3) is 0.400. The summed E-state index contributed by atoms with van der Waals surface area (Å²) in [6.45, 7) is 17.8. The van der Waals surface area contributed by atoms with Gasteiger partial charge < -0.3 is 14.3 Å². The number of benzene rings is 3. The van der Waals surface area contributed by atoms with Gasteiger partial charge in [-0.15, -0.1) is 0 Å². The topological polar surface area (TPSA) is 49.7 Å². The maximum atomic E-state index is 9.71. The summed E-state index contributed by atoms with van der Waals surface area (Å²) in [5.41, 5.74) is 6.47. The van der Waals surface area contributed by atoms with Gasteiger partial charge in [0, 0.05) is 11.0 Å². The van der Waals surface area contributed by atoms with E-state index in [-0.39, 0.29) is 16.2 Å². The minimum Gasteiger partial charge on any atom is -0.427 e. The van der Waals surface area contributed by atoms with Gasteiger partial charge in [0.15, 0.2) is 0 Å². The highest BCUT2D eigenvalue weighted by Crippen LogP contribution is 2.49. The van der Waals surface area contributed by atoms with Gasteiger partial charge in [0.05, 0.1) is 0 Å². The van der Waals surface area contributed by atoms with Gasteiger partial charge in [-0.1, -0.05) is 116 Å². The molecule has 0 fully saturated rings. The van der Waals surface area contributed by atoms with Crippen LogP contribution in [0.25, 0.3) is 11.1 Å². The zero-order chi connectivity index (χ0) is 25.3. The highest BCUT2D eigenvalue weighted by atomic mass is 31.2. The van der Waals surface area contributed by atoms with E-state index in [1.165, 1.54) is 22.3 Å². The Morgan fingerprint density at radius 2 is 1.32 bits per heavy atom. The first-order valence-electron chi connectivity index (χ1n) is 12.0. The third-order valence-electron chi connectivity index (χ3n) is 7.07. The van der Waals surface area contributed by atoms with Crippen molar-refractivity contribution in [3.05, 3.63) is 89.0 Å². The van der Waals surface area contributed by atoms with Crippen molar-refractivity contribution in [1.29, 1.82) is 0 Å². The average molecular weight is 479 g/mol. The Balaban J connectivity index is 2.47. The highest BCUT2D eigenvalue weighted by molar-refractivity contribution is 7.39. The van der Waals surface area contributed by atoms with Crippen LogP contribution in [-0.4, -0.2) is 9.79 Å². The van der Waals surface area contributed by atoms with Crippen LogP contribution < -0.4 is 4.52 Å². The molecule has 0 bridgehead atoms. The van der Waals surface area contributed by atoms with Crippen LogP contribution >= 0.6 is 8.60 Å². The van der Waals surface area contributed by atoms with E-state index in [1.54, 1.807) is 0 Å². The van der Waals surface area contributed by atoms with E-state index < -0.39 is 8.60 Å². The van der Waals surface area contributed by atoms with Crippen LogP contribution in [0.4, 0.5) is 0 Å². The van der Waals surface area contributed by atoms with Crippen molar-refractivity contribution in [1.82, 2.24) is 0 Å². The number of rotatable bonds is 7. The third-order valence-corrected chi connectivity index (χ3v) is 7.43. The van der Waals surface area contributed by atoms with Crippen molar-refractivity contribution in [3.8, 4) is 16.9 Å². The molecule has 0 saturated carbocycles. The van der Waals surface area contributed by atoms with Crippen LogP contribution in [-0.2, 0) is 16.2 Å². The Hall–Kier alpha value is -2.19. The molecular formula is C30H39O3P. The Morgan fingerprint density at radius 1 is 0.735 bits per heavy atom. The Morgan fingerprint density at radius 3 is 1.88 bits per heavy atom. The first-order chi connectivity index (χ1) is 15.8. The smallest absolute Gasteiger partial charge is 0.391 e. The van der Waals surface area contributed by atoms with Crippen LogP contribution in [0.1, 0.15) is 84.1 Å². The van der Waals surface area contributed by atoms with Crippen molar-refractivity contribution in [2.24, 2.45) is 0 Å². The second-order valence-electron chi connectivity index (χ2n) is 11.2. The van der Waals surface area contributed by atoms with Crippen molar-refractivity contribution in [2.75, 3.05) is 0 Å². The summed E-state index contributed by atoms with van der Waals surface area (Å²) in [7, 11) is -2.52. The predicted octanol–water partition coefficient (Wildman–Crippen LogP) is 8.25. The van der Waals surface area contributed by atoms with Crippen molar-refractivity contribution in [2.45, 2.75) is 78.1 Å². The summed E-state index contributed by atoms with van der Waals surface area (Å²) in [5.74, 6) is 0.522. The van der Waals surface area contributed by atoms with Gasteiger partial charge in [-0.05, 0) is 51.1 Å². The van der Waals surface area contributed by atoms with Crippen LogP contribution in [0, 0.1) is 0 Å². The normalized spacial score (nSPS) is 12.8. The summed E-state index contributed by atoms with van der Waals surface area (Å²) in [6, 6.07) is 23.2. The summed E-state index contributed by atoms with van der Waals surface area (Å²) in [4.78, 5) is 19.4. The molecule has 0 aromatic heterocycles. The summed E-state index contributed by atoms with van der Waals surface area (Å²) in [6.07, 6.45) is 0.995. The zero-order valence-electron chi connectivity index (χ0n) is 21.8. The number of hydrogen-bond acceptors (Lipinski definition) is 3.